The molecule has 0 fully saturated rings. The van der Waals surface area contributed by atoms with Crippen molar-refractivity contribution in [2.24, 2.45) is 0 Å². The second-order valence-corrected chi connectivity index (χ2v) is 5.08. The van der Waals surface area contributed by atoms with E-state index >= 15 is 0 Å². The highest BCUT2D eigenvalue weighted by Crippen LogP contribution is 2.37. The number of aromatic hydroxyl groups is 1. The molecule has 0 aliphatic heterocycles. The van der Waals surface area contributed by atoms with Crippen LogP contribution in [0.1, 0.15) is 5.56 Å². The van der Waals surface area contributed by atoms with Crippen LogP contribution in [-0.4, -0.2) is 5.11 Å². The molecule has 0 unspecified atom stereocenters. The molecule has 1 nitrogen and oxygen atoms in total. The molecule has 0 atom stereocenters. The van der Waals surface area contributed by atoms with Crippen molar-refractivity contribution in [1.82, 2.24) is 0 Å². The van der Waals surface area contributed by atoms with E-state index in [2.05, 4.69) is 31.2 Å². The van der Waals surface area contributed by atoms with Crippen LogP contribution in [0.25, 0.3) is 21.2 Å². The Morgan fingerprint density at radius 1 is 0.941 bits per heavy atom. The smallest absolute Gasteiger partial charge is 0.124 e. The topological polar surface area (TPSA) is 20.2 Å². The summed E-state index contributed by atoms with van der Waals surface area (Å²) in [4.78, 5) is 0. The van der Waals surface area contributed by atoms with Crippen molar-refractivity contribution in [2.75, 3.05) is 0 Å². The Balaban J connectivity index is 2.27. The van der Waals surface area contributed by atoms with Crippen LogP contribution >= 0.6 is 11.3 Å². The van der Waals surface area contributed by atoms with E-state index in [1.54, 1.807) is 17.4 Å². The first-order valence-electron chi connectivity index (χ1n) is 5.52. The monoisotopic (exact) mass is 240 g/mol. The molecule has 3 rings (SSSR count). The fourth-order valence-electron chi connectivity index (χ4n) is 2.01. The molecule has 3 aromatic rings. The molecule has 0 amide bonds. The Morgan fingerprint density at radius 2 is 1.71 bits per heavy atom. The predicted molar refractivity (Wildman–Crippen MR) is 73.7 cm³/mol. The van der Waals surface area contributed by atoms with Gasteiger partial charge in [-0.1, -0.05) is 29.8 Å². The first-order valence-corrected chi connectivity index (χ1v) is 6.40. The second kappa shape index (κ2) is 3.90. The third kappa shape index (κ3) is 1.71. The van der Waals surface area contributed by atoms with Crippen molar-refractivity contribution < 1.29 is 5.11 Å². The molecule has 2 aromatic carbocycles. The van der Waals surface area contributed by atoms with Crippen LogP contribution in [-0.2, 0) is 0 Å². The molecule has 0 spiro atoms. The highest BCUT2D eigenvalue weighted by Gasteiger charge is 2.08. The fourth-order valence-corrected chi connectivity index (χ4v) is 2.96. The molecule has 1 heterocycles. The summed E-state index contributed by atoms with van der Waals surface area (Å²) in [7, 11) is 0. The van der Waals surface area contributed by atoms with Gasteiger partial charge in [-0.05, 0) is 41.6 Å². The van der Waals surface area contributed by atoms with Crippen LogP contribution in [0.5, 0.6) is 5.75 Å². The van der Waals surface area contributed by atoms with Gasteiger partial charge in [0.15, 0.2) is 0 Å². The molecule has 1 N–H and O–H groups in total. The third-order valence-corrected chi connectivity index (χ3v) is 3.90. The van der Waals surface area contributed by atoms with E-state index in [1.165, 1.54) is 16.7 Å². The predicted octanol–water partition coefficient (Wildman–Crippen LogP) is 4.58. The Kier molecular flexibility index (Phi) is 2.37. The number of rotatable bonds is 1. The van der Waals surface area contributed by atoms with E-state index in [1.807, 2.05) is 17.5 Å². The molecule has 0 aliphatic rings. The van der Waals surface area contributed by atoms with Crippen molar-refractivity contribution in [2.45, 2.75) is 6.92 Å². The first kappa shape index (κ1) is 10.4. The van der Waals surface area contributed by atoms with Crippen molar-refractivity contribution in [3.63, 3.8) is 0 Å². The van der Waals surface area contributed by atoms with Crippen LogP contribution in [0, 0.1) is 6.92 Å². The Morgan fingerprint density at radius 3 is 2.47 bits per heavy atom. The standard InChI is InChI=1S/C15H12OS/c1-10-2-4-11(5-3-10)12-6-7-14(16)13-8-9-17-15(12)13/h2-9,16H,1H3. The lowest BCUT2D eigenvalue weighted by Gasteiger charge is -2.05. The molecule has 0 aliphatic carbocycles. The van der Waals surface area contributed by atoms with Crippen LogP contribution in [0.3, 0.4) is 0 Å². The van der Waals surface area contributed by atoms with Crippen molar-refractivity contribution in [3.05, 3.63) is 53.4 Å². The molecular formula is C15H12OS. The number of aryl methyl sites for hydroxylation is 1. The molecule has 0 bridgehead atoms. The van der Waals surface area contributed by atoms with E-state index in [0.717, 1.165) is 10.1 Å². The minimum atomic E-state index is 0.358. The molecule has 17 heavy (non-hydrogen) atoms. The van der Waals surface area contributed by atoms with Crippen LogP contribution in [0.15, 0.2) is 47.8 Å². The van der Waals surface area contributed by atoms with Gasteiger partial charge in [-0.2, -0.15) is 0 Å². The van der Waals surface area contributed by atoms with Gasteiger partial charge in [0, 0.05) is 10.1 Å². The normalized spacial score (nSPS) is 10.9. The van der Waals surface area contributed by atoms with Crippen LogP contribution in [0.2, 0.25) is 0 Å². The number of benzene rings is 2. The number of thiophene rings is 1. The van der Waals surface area contributed by atoms with Gasteiger partial charge in [-0.25, -0.2) is 0 Å². The van der Waals surface area contributed by atoms with Gasteiger partial charge in [-0.15, -0.1) is 11.3 Å². The van der Waals surface area contributed by atoms with Crippen molar-refractivity contribution in [1.29, 1.82) is 0 Å². The van der Waals surface area contributed by atoms with Gasteiger partial charge in [0.25, 0.3) is 0 Å². The summed E-state index contributed by atoms with van der Waals surface area (Å²) in [5, 5.41) is 12.7. The van der Waals surface area contributed by atoms with E-state index in [4.69, 9.17) is 0 Å². The van der Waals surface area contributed by atoms with Gasteiger partial charge < -0.3 is 5.11 Å². The highest BCUT2D eigenvalue weighted by atomic mass is 32.1. The lowest BCUT2D eigenvalue weighted by Crippen LogP contribution is -1.79. The summed E-state index contributed by atoms with van der Waals surface area (Å²) in [6, 6.07) is 14.2. The summed E-state index contributed by atoms with van der Waals surface area (Å²) in [6.45, 7) is 2.08. The maximum Gasteiger partial charge on any atom is 0.124 e. The number of hydrogen-bond acceptors (Lipinski definition) is 2. The number of phenols is 1. The lowest BCUT2D eigenvalue weighted by molar-refractivity contribution is 0.482. The Bertz CT molecular complexity index is 665. The average Bonchev–Trinajstić information content (AvgIpc) is 2.81. The summed E-state index contributed by atoms with van der Waals surface area (Å²) in [6.07, 6.45) is 0. The highest BCUT2D eigenvalue weighted by molar-refractivity contribution is 7.17. The minimum Gasteiger partial charge on any atom is -0.507 e. The molecule has 84 valence electrons. The maximum atomic E-state index is 9.78. The molecule has 0 saturated heterocycles. The van der Waals surface area contributed by atoms with Crippen LogP contribution in [0.4, 0.5) is 0 Å². The zero-order chi connectivity index (χ0) is 11.8. The van der Waals surface area contributed by atoms with Crippen LogP contribution < -0.4 is 0 Å². The molecule has 2 heteroatoms. The number of hydrogen-bond donors (Lipinski definition) is 1. The first-order chi connectivity index (χ1) is 8.25. The van der Waals surface area contributed by atoms with Gasteiger partial charge in [0.2, 0.25) is 0 Å². The Labute approximate surface area is 104 Å². The summed E-state index contributed by atoms with van der Waals surface area (Å²) in [5.74, 6) is 0.358. The summed E-state index contributed by atoms with van der Waals surface area (Å²) >= 11 is 1.67. The Hall–Kier alpha value is -1.80. The maximum absolute atomic E-state index is 9.78. The fraction of sp³-hybridized carbons (Fsp3) is 0.0667. The number of phenolic OH excluding ortho intramolecular Hbond substituents is 1. The SMILES string of the molecule is Cc1ccc(-c2ccc(O)c3ccsc23)cc1. The lowest BCUT2D eigenvalue weighted by atomic mass is 10.0. The molecule has 0 saturated carbocycles. The molecule has 1 aromatic heterocycles. The van der Waals surface area contributed by atoms with E-state index < -0.39 is 0 Å². The van der Waals surface area contributed by atoms with Gasteiger partial charge in [0.1, 0.15) is 5.75 Å². The molecular weight excluding hydrogens is 228 g/mol. The minimum absolute atomic E-state index is 0.358. The zero-order valence-electron chi connectivity index (χ0n) is 9.47. The van der Waals surface area contributed by atoms with Gasteiger partial charge >= 0.3 is 0 Å². The summed E-state index contributed by atoms with van der Waals surface area (Å²) in [5.41, 5.74) is 3.64. The molecule has 0 radical (unpaired) electrons. The van der Waals surface area contributed by atoms with E-state index in [9.17, 15) is 5.11 Å². The quantitative estimate of drug-likeness (QED) is 0.660. The summed E-state index contributed by atoms with van der Waals surface area (Å²) < 4.78 is 1.15. The van der Waals surface area contributed by atoms with Gasteiger partial charge in [0.05, 0.1) is 0 Å². The van der Waals surface area contributed by atoms with E-state index in [-0.39, 0.29) is 0 Å². The largest absolute Gasteiger partial charge is 0.507 e. The number of fused-ring (bicyclic) bond motifs is 1. The third-order valence-electron chi connectivity index (χ3n) is 2.96. The van der Waals surface area contributed by atoms with E-state index in [0.29, 0.717) is 5.75 Å². The van der Waals surface area contributed by atoms with Gasteiger partial charge in [-0.3, -0.25) is 0 Å². The zero-order valence-corrected chi connectivity index (χ0v) is 10.3. The van der Waals surface area contributed by atoms with Crippen molar-refractivity contribution in [3.8, 4) is 16.9 Å². The van der Waals surface area contributed by atoms with Crippen molar-refractivity contribution >= 4 is 21.4 Å². The second-order valence-electron chi connectivity index (χ2n) is 4.16. The average molecular weight is 240 g/mol.